The van der Waals surface area contributed by atoms with Gasteiger partial charge in [-0.25, -0.2) is 4.79 Å². The van der Waals surface area contributed by atoms with Crippen molar-refractivity contribution >= 4 is 23.3 Å². The van der Waals surface area contributed by atoms with Crippen molar-refractivity contribution in [3.8, 4) is 0 Å². The third kappa shape index (κ3) is 3.91. The fourth-order valence-electron chi connectivity index (χ4n) is 3.54. The quantitative estimate of drug-likeness (QED) is 0.908. The van der Waals surface area contributed by atoms with E-state index in [-0.39, 0.29) is 18.0 Å². The van der Waals surface area contributed by atoms with Crippen molar-refractivity contribution in [2.24, 2.45) is 5.92 Å². The van der Waals surface area contributed by atoms with Gasteiger partial charge < -0.3 is 15.1 Å². The molecule has 0 unspecified atom stereocenters. The molecule has 0 atom stereocenters. The van der Waals surface area contributed by atoms with Crippen LogP contribution in [0.4, 0.5) is 4.79 Å². The van der Waals surface area contributed by atoms with Crippen molar-refractivity contribution in [3.05, 3.63) is 21.9 Å². The zero-order chi connectivity index (χ0) is 17.1. The second-order valence-corrected chi connectivity index (χ2v) is 8.33. The van der Waals surface area contributed by atoms with Gasteiger partial charge in [-0.15, -0.1) is 11.3 Å². The lowest BCUT2D eigenvalue weighted by Gasteiger charge is -2.40. The zero-order valence-corrected chi connectivity index (χ0v) is 15.4. The topological polar surface area (TPSA) is 52.7 Å². The molecule has 3 heterocycles. The van der Waals surface area contributed by atoms with Crippen molar-refractivity contribution < 1.29 is 9.59 Å². The molecule has 132 valence electrons. The number of urea groups is 1. The molecule has 2 aliphatic rings. The summed E-state index contributed by atoms with van der Waals surface area (Å²) in [5.74, 6) is 0.759. The number of thiophene rings is 1. The van der Waals surface area contributed by atoms with E-state index in [0.717, 1.165) is 56.7 Å². The first-order chi connectivity index (χ1) is 11.5. The molecule has 2 saturated heterocycles. The van der Waals surface area contributed by atoms with Crippen LogP contribution in [0.1, 0.15) is 47.7 Å². The average molecular weight is 350 g/mol. The van der Waals surface area contributed by atoms with Gasteiger partial charge in [0, 0.05) is 37.1 Å². The van der Waals surface area contributed by atoms with E-state index >= 15 is 0 Å². The van der Waals surface area contributed by atoms with Crippen LogP contribution in [0, 0.1) is 5.92 Å². The van der Waals surface area contributed by atoms with E-state index in [1.807, 2.05) is 15.9 Å². The lowest BCUT2D eigenvalue weighted by molar-refractivity contribution is 0.0647. The van der Waals surface area contributed by atoms with Gasteiger partial charge in [0.05, 0.1) is 4.88 Å². The van der Waals surface area contributed by atoms with Gasteiger partial charge in [0.15, 0.2) is 0 Å². The maximum atomic E-state index is 12.7. The first kappa shape index (κ1) is 17.3. The zero-order valence-electron chi connectivity index (χ0n) is 14.6. The Kier molecular flexibility index (Phi) is 5.43. The van der Waals surface area contributed by atoms with Crippen LogP contribution in [0.2, 0.25) is 0 Å². The van der Waals surface area contributed by atoms with E-state index in [1.165, 1.54) is 4.88 Å². The number of hydrogen-bond donors (Lipinski definition) is 1. The summed E-state index contributed by atoms with van der Waals surface area (Å²) in [4.78, 5) is 30.7. The minimum atomic E-state index is 0.0580. The molecule has 2 aliphatic heterocycles. The predicted molar refractivity (Wildman–Crippen MR) is 96.5 cm³/mol. The summed E-state index contributed by atoms with van der Waals surface area (Å²) in [6.45, 7) is 7.50. The maximum absolute atomic E-state index is 12.7. The summed E-state index contributed by atoms with van der Waals surface area (Å²) < 4.78 is 0. The number of hydrogen-bond acceptors (Lipinski definition) is 3. The molecule has 0 bridgehead atoms. The smallest absolute Gasteiger partial charge is 0.317 e. The van der Waals surface area contributed by atoms with Crippen LogP contribution in [0.25, 0.3) is 0 Å². The third-order valence-corrected chi connectivity index (χ3v) is 5.88. The number of nitrogens with zero attached hydrogens (tertiary/aromatic N) is 2. The SMILES string of the molecule is CC(C)Cc1ccc(C(=O)N2CCC(N3CCCNC3=O)CC2)s1. The molecule has 5 nitrogen and oxygen atoms in total. The molecule has 0 aliphatic carbocycles. The van der Waals surface area contributed by atoms with Crippen LogP contribution in [0.5, 0.6) is 0 Å². The second kappa shape index (κ2) is 7.55. The number of likely N-dealkylation sites (tertiary alicyclic amines) is 1. The Morgan fingerprint density at radius 3 is 2.71 bits per heavy atom. The summed E-state index contributed by atoms with van der Waals surface area (Å²) in [5, 5.41) is 2.92. The number of nitrogens with one attached hydrogen (secondary N) is 1. The number of rotatable bonds is 4. The van der Waals surface area contributed by atoms with Gasteiger partial charge >= 0.3 is 6.03 Å². The van der Waals surface area contributed by atoms with E-state index in [9.17, 15) is 9.59 Å². The van der Waals surface area contributed by atoms with Gasteiger partial charge in [0.25, 0.3) is 5.91 Å². The molecule has 6 heteroatoms. The van der Waals surface area contributed by atoms with Crippen LogP contribution in [-0.4, -0.2) is 54.0 Å². The van der Waals surface area contributed by atoms with Gasteiger partial charge in [0.1, 0.15) is 0 Å². The van der Waals surface area contributed by atoms with E-state index in [0.29, 0.717) is 5.92 Å². The van der Waals surface area contributed by atoms with E-state index in [4.69, 9.17) is 0 Å². The number of carbonyl (C=O) groups is 2. The fraction of sp³-hybridized carbons (Fsp3) is 0.667. The van der Waals surface area contributed by atoms with Crippen LogP contribution < -0.4 is 5.32 Å². The molecule has 1 aromatic rings. The Labute approximate surface area is 148 Å². The van der Waals surface area contributed by atoms with Crippen LogP contribution in [-0.2, 0) is 6.42 Å². The van der Waals surface area contributed by atoms with Crippen LogP contribution >= 0.6 is 11.3 Å². The van der Waals surface area contributed by atoms with Crippen molar-refractivity contribution in [2.75, 3.05) is 26.2 Å². The second-order valence-electron chi connectivity index (χ2n) is 7.17. The van der Waals surface area contributed by atoms with Gasteiger partial charge in [-0.3, -0.25) is 4.79 Å². The first-order valence-corrected chi connectivity index (χ1v) is 9.78. The Bertz CT molecular complexity index is 591. The largest absolute Gasteiger partial charge is 0.338 e. The first-order valence-electron chi connectivity index (χ1n) is 8.97. The number of amides is 3. The lowest BCUT2D eigenvalue weighted by Crippen LogP contribution is -2.54. The molecule has 24 heavy (non-hydrogen) atoms. The molecule has 0 saturated carbocycles. The van der Waals surface area contributed by atoms with Gasteiger partial charge in [-0.1, -0.05) is 13.8 Å². The highest BCUT2D eigenvalue weighted by atomic mass is 32.1. The highest BCUT2D eigenvalue weighted by Gasteiger charge is 2.31. The standard InChI is InChI=1S/C18H27N3O2S/c1-13(2)12-15-4-5-16(24-15)17(22)20-10-6-14(7-11-20)21-9-3-8-19-18(21)23/h4-5,13-14H,3,6-12H2,1-2H3,(H,19,23). The van der Waals surface area contributed by atoms with E-state index in [2.05, 4.69) is 25.2 Å². The summed E-state index contributed by atoms with van der Waals surface area (Å²) in [7, 11) is 0. The van der Waals surface area contributed by atoms with Crippen molar-refractivity contribution in [1.29, 1.82) is 0 Å². The van der Waals surface area contributed by atoms with E-state index < -0.39 is 0 Å². The minimum Gasteiger partial charge on any atom is -0.338 e. The minimum absolute atomic E-state index is 0.0580. The molecule has 0 radical (unpaired) electrons. The Morgan fingerprint density at radius 2 is 2.04 bits per heavy atom. The molecule has 1 aromatic heterocycles. The number of piperidine rings is 1. The molecular formula is C18H27N3O2S. The van der Waals surface area contributed by atoms with Crippen molar-refractivity contribution in [2.45, 2.75) is 45.6 Å². The molecule has 3 rings (SSSR count). The molecule has 2 fully saturated rings. The molecule has 3 amide bonds. The van der Waals surface area contributed by atoms with Crippen LogP contribution in [0.3, 0.4) is 0 Å². The van der Waals surface area contributed by atoms with Crippen molar-refractivity contribution in [1.82, 2.24) is 15.1 Å². The molecule has 0 spiro atoms. The average Bonchev–Trinajstić information content (AvgIpc) is 3.02. The Hall–Kier alpha value is -1.56. The predicted octanol–water partition coefficient (Wildman–Crippen LogP) is 2.97. The summed E-state index contributed by atoms with van der Waals surface area (Å²) >= 11 is 1.63. The lowest BCUT2D eigenvalue weighted by atomic mass is 10.0. The molecular weight excluding hydrogens is 322 g/mol. The summed E-state index contributed by atoms with van der Waals surface area (Å²) in [5.41, 5.74) is 0. The highest BCUT2D eigenvalue weighted by molar-refractivity contribution is 7.14. The van der Waals surface area contributed by atoms with Gasteiger partial charge in [-0.05, 0) is 43.7 Å². The Morgan fingerprint density at radius 1 is 1.29 bits per heavy atom. The van der Waals surface area contributed by atoms with E-state index in [1.54, 1.807) is 11.3 Å². The monoisotopic (exact) mass is 349 g/mol. The maximum Gasteiger partial charge on any atom is 0.317 e. The summed E-state index contributed by atoms with van der Waals surface area (Å²) in [6, 6.07) is 4.38. The fourth-order valence-corrected chi connectivity index (χ4v) is 4.73. The normalized spacial score (nSPS) is 19.7. The number of carbonyl (C=O) groups excluding carboxylic acids is 2. The van der Waals surface area contributed by atoms with Crippen LogP contribution in [0.15, 0.2) is 12.1 Å². The third-order valence-electron chi connectivity index (χ3n) is 4.79. The Balaban J connectivity index is 1.55. The molecule has 0 aromatic carbocycles. The molecule has 1 N–H and O–H groups in total. The van der Waals surface area contributed by atoms with Gasteiger partial charge in [-0.2, -0.15) is 0 Å². The highest BCUT2D eigenvalue weighted by Crippen LogP contribution is 2.24. The summed E-state index contributed by atoms with van der Waals surface area (Å²) in [6.07, 6.45) is 3.80. The van der Waals surface area contributed by atoms with Crippen molar-refractivity contribution in [3.63, 3.8) is 0 Å². The van der Waals surface area contributed by atoms with Gasteiger partial charge in [0.2, 0.25) is 0 Å².